The van der Waals surface area contributed by atoms with E-state index in [0.717, 1.165) is 94.6 Å². The Kier molecular flexibility index (Phi) is 13.6. The summed E-state index contributed by atoms with van der Waals surface area (Å²) in [5, 5.41) is 13.7. The topological polar surface area (TPSA) is 128 Å². The average molecular weight is 788 g/mol. The number of likely N-dealkylation sites (tertiary alicyclic amines) is 1. The summed E-state index contributed by atoms with van der Waals surface area (Å²) in [5.41, 5.74) is 3.63. The molecule has 0 spiro atoms. The van der Waals surface area contributed by atoms with Crippen molar-refractivity contribution in [2.24, 2.45) is 11.3 Å². The first-order valence-electron chi connectivity index (χ1n) is 19.7. The van der Waals surface area contributed by atoms with Gasteiger partial charge in [0.25, 0.3) is 5.91 Å². The quantitative estimate of drug-likeness (QED) is 0.107. The standard InChI is InChI=1S/C42H57N7O4S2/c1-29-34-10-9-30(22-32(34)13-17-49(29)39(51)33(24-43)23-42(5,6)28-48-18-20-52-21-19-48)8-7-14-47-15-11-31(12-16-47)38(50)46-40-45-26-37(55-40)54-27-36-44-25-35(53-36)41(2,3)4/h9-10,22-23,25-26,29,31H,7-8,11-21,27-28H2,1-6H3,(H,45,46,50). The molecule has 296 valence electrons. The summed E-state index contributed by atoms with van der Waals surface area (Å²) in [5.74, 6) is 2.07. The third kappa shape index (κ3) is 11.1. The van der Waals surface area contributed by atoms with Crippen LogP contribution in [0, 0.1) is 22.7 Å². The van der Waals surface area contributed by atoms with Crippen LogP contribution >= 0.6 is 23.1 Å². The van der Waals surface area contributed by atoms with E-state index in [1.807, 2.05) is 11.0 Å². The first-order chi connectivity index (χ1) is 26.3. The minimum absolute atomic E-state index is 0.00483. The summed E-state index contributed by atoms with van der Waals surface area (Å²) in [6, 6.07) is 8.83. The molecular formula is C42H57N7O4S2. The van der Waals surface area contributed by atoms with E-state index in [1.165, 1.54) is 28.0 Å². The number of thioether (sulfide) groups is 1. The first-order valence-corrected chi connectivity index (χ1v) is 21.5. The van der Waals surface area contributed by atoms with Gasteiger partial charge in [-0.2, -0.15) is 5.26 Å². The molecule has 0 saturated carbocycles. The maximum Gasteiger partial charge on any atom is 0.264 e. The summed E-state index contributed by atoms with van der Waals surface area (Å²) in [6.45, 7) is 20.0. The number of carbonyl (C=O) groups is 2. The molecular weight excluding hydrogens is 731 g/mol. The number of ether oxygens (including phenoxy) is 1. The number of aryl methyl sites for hydroxylation is 1. The van der Waals surface area contributed by atoms with Crippen molar-refractivity contribution < 1.29 is 18.7 Å². The van der Waals surface area contributed by atoms with Crippen molar-refractivity contribution >= 4 is 40.0 Å². The van der Waals surface area contributed by atoms with Crippen molar-refractivity contribution in [3.63, 3.8) is 0 Å². The molecule has 0 radical (unpaired) electrons. The first kappa shape index (κ1) is 41.1. The molecule has 6 rings (SSSR count). The molecule has 1 unspecified atom stereocenters. The van der Waals surface area contributed by atoms with Gasteiger partial charge in [0.15, 0.2) is 5.13 Å². The number of aromatic nitrogens is 2. The fourth-order valence-electron chi connectivity index (χ4n) is 7.76. The highest BCUT2D eigenvalue weighted by Crippen LogP contribution is 2.34. The highest BCUT2D eigenvalue weighted by atomic mass is 32.2. The van der Waals surface area contributed by atoms with Crippen molar-refractivity contribution in [3.05, 3.63) is 70.6 Å². The van der Waals surface area contributed by atoms with Crippen molar-refractivity contribution in [1.82, 2.24) is 24.7 Å². The van der Waals surface area contributed by atoms with Crippen LogP contribution in [-0.4, -0.2) is 95.5 Å². The molecule has 2 amide bonds. The fourth-order valence-corrected chi connectivity index (χ4v) is 9.49. The zero-order chi connectivity index (χ0) is 39.2. The van der Waals surface area contributed by atoms with Crippen molar-refractivity contribution in [2.45, 2.75) is 95.1 Å². The Labute approximate surface area is 334 Å². The fraction of sp³-hybridized carbons (Fsp3) is 0.595. The molecule has 1 atom stereocenters. The second-order valence-corrected chi connectivity index (χ2v) is 19.2. The largest absolute Gasteiger partial charge is 0.444 e. The van der Waals surface area contributed by atoms with Crippen LogP contribution in [0.2, 0.25) is 0 Å². The summed E-state index contributed by atoms with van der Waals surface area (Å²) in [6.07, 6.45) is 10.00. The van der Waals surface area contributed by atoms with Gasteiger partial charge in [-0.1, -0.05) is 70.2 Å². The minimum atomic E-state index is -0.307. The predicted molar refractivity (Wildman–Crippen MR) is 218 cm³/mol. The van der Waals surface area contributed by atoms with Crippen LogP contribution in [0.4, 0.5) is 5.13 Å². The van der Waals surface area contributed by atoms with E-state index in [1.54, 1.807) is 24.2 Å². The van der Waals surface area contributed by atoms with Crippen LogP contribution in [0.5, 0.6) is 0 Å². The van der Waals surface area contributed by atoms with Crippen LogP contribution < -0.4 is 5.32 Å². The number of piperidine rings is 1. The minimum Gasteiger partial charge on any atom is -0.444 e. The molecule has 2 aromatic heterocycles. The summed E-state index contributed by atoms with van der Waals surface area (Å²) >= 11 is 3.10. The van der Waals surface area contributed by atoms with E-state index in [-0.39, 0.29) is 40.2 Å². The number of carbonyl (C=O) groups excluding carboxylic acids is 2. The number of rotatable bonds is 13. The molecule has 11 nitrogen and oxygen atoms in total. The third-order valence-corrected chi connectivity index (χ3v) is 13.0. The molecule has 0 bridgehead atoms. The SMILES string of the molecule is CC1c2ccc(CCCN3CCC(C(=O)Nc4ncc(SCc5ncc(C(C)(C)C)o5)s4)CC3)cc2CCN1C(=O)C(C#N)=CC(C)(C)CN1CCOCC1. The van der Waals surface area contributed by atoms with Crippen LogP contribution in [0.1, 0.15) is 95.2 Å². The van der Waals surface area contributed by atoms with E-state index < -0.39 is 0 Å². The molecule has 3 aliphatic rings. The molecule has 13 heteroatoms. The van der Waals surface area contributed by atoms with Crippen LogP contribution in [0.25, 0.3) is 0 Å². The van der Waals surface area contributed by atoms with Crippen LogP contribution in [-0.2, 0) is 38.3 Å². The van der Waals surface area contributed by atoms with Gasteiger partial charge in [-0.05, 0) is 80.8 Å². The second kappa shape index (κ2) is 18.2. The average Bonchev–Trinajstić information content (AvgIpc) is 3.83. The summed E-state index contributed by atoms with van der Waals surface area (Å²) in [4.78, 5) is 42.3. The summed E-state index contributed by atoms with van der Waals surface area (Å²) < 4.78 is 12.4. The second-order valence-electron chi connectivity index (χ2n) is 16.9. The lowest BCUT2D eigenvalue weighted by Gasteiger charge is -2.36. The number of nitrogens with one attached hydrogen (secondary N) is 1. The maximum atomic E-state index is 13.7. The smallest absolute Gasteiger partial charge is 0.264 e. The highest BCUT2D eigenvalue weighted by molar-refractivity contribution is 8.00. The number of amides is 2. The van der Waals surface area contributed by atoms with Crippen molar-refractivity contribution in [3.8, 4) is 6.07 Å². The molecule has 3 aromatic rings. The van der Waals surface area contributed by atoms with Gasteiger partial charge >= 0.3 is 0 Å². The monoisotopic (exact) mass is 787 g/mol. The molecule has 5 heterocycles. The molecule has 2 fully saturated rings. The Hall–Kier alpha value is -3.54. The number of anilines is 1. The van der Waals surface area contributed by atoms with Gasteiger partial charge in [0, 0.05) is 37.5 Å². The van der Waals surface area contributed by atoms with Gasteiger partial charge in [-0.25, -0.2) is 9.97 Å². The number of hydrogen-bond donors (Lipinski definition) is 1. The number of nitrogens with zero attached hydrogens (tertiary/aromatic N) is 6. The molecule has 1 aromatic carbocycles. The Balaban J connectivity index is 0.916. The van der Waals surface area contributed by atoms with Gasteiger partial charge in [0.1, 0.15) is 17.4 Å². The normalized spacial score (nSPS) is 19.3. The van der Waals surface area contributed by atoms with E-state index >= 15 is 0 Å². The number of benzene rings is 1. The molecule has 55 heavy (non-hydrogen) atoms. The summed E-state index contributed by atoms with van der Waals surface area (Å²) in [7, 11) is 0. The Morgan fingerprint density at radius 3 is 2.53 bits per heavy atom. The maximum absolute atomic E-state index is 13.7. The van der Waals surface area contributed by atoms with E-state index in [0.29, 0.717) is 23.3 Å². The van der Waals surface area contributed by atoms with E-state index in [4.69, 9.17) is 9.15 Å². The lowest BCUT2D eigenvalue weighted by molar-refractivity contribution is -0.129. The molecule has 1 N–H and O–H groups in total. The van der Waals surface area contributed by atoms with E-state index in [2.05, 4.69) is 90.9 Å². The number of thiazole rings is 1. The Morgan fingerprint density at radius 1 is 1.05 bits per heavy atom. The highest BCUT2D eigenvalue weighted by Gasteiger charge is 2.32. The number of fused-ring (bicyclic) bond motifs is 1. The zero-order valence-electron chi connectivity index (χ0n) is 33.4. The van der Waals surface area contributed by atoms with Gasteiger partial charge in [-0.3, -0.25) is 14.5 Å². The lowest BCUT2D eigenvalue weighted by atomic mass is 9.88. The Morgan fingerprint density at radius 2 is 1.82 bits per heavy atom. The number of oxazole rings is 1. The van der Waals surface area contributed by atoms with Crippen molar-refractivity contribution in [1.29, 1.82) is 5.26 Å². The van der Waals surface area contributed by atoms with E-state index in [9.17, 15) is 14.9 Å². The van der Waals surface area contributed by atoms with Gasteiger partial charge in [0.2, 0.25) is 11.8 Å². The molecule has 2 saturated heterocycles. The van der Waals surface area contributed by atoms with Gasteiger partial charge in [-0.15, -0.1) is 11.8 Å². The van der Waals surface area contributed by atoms with Crippen LogP contribution in [0.15, 0.2) is 50.9 Å². The molecule has 0 aliphatic carbocycles. The number of nitriles is 1. The zero-order valence-corrected chi connectivity index (χ0v) is 35.0. The van der Waals surface area contributed by atoms with Crippen molar-refractivity contribution in [2.75, 3.05) is 64.3 Å². The van der Waals surface area contributed by atoms with Gasteiger partial charge < -0.3 is 24.3 Å². The van der Waals surface area contributed by atoms with Crippen LogP contribution in [0.3, 0.4) is 0 Å². The number of hydrogen-bond acceptors (Lipinski definition) is 11. The third-order valence-electron chi connectivity index (χ3n) is 10.9. The number of morpholine rings is 1. The Bertz CT molecular complexity index is 1860. The molecule has 3 aliphatic heterocycles. The van der Waals surface area contributed by atoms with Gasteiger partial charge in [0.05, 0.1) is 41.6 Å². The predicted octanol–water partition coefficient (Wildman–Crippen LogP) is 7.26. The lowest BCUT2D eigenvalue weighted by Crippen LogP contribution is -2.42.